The topological polar surface area (TPSA) is 71.2 Å². The van der Waals surface area contributed by atoms with E-state index in [1.54, 1.807) is 12.3 Å². The van der Waals surface area contributed by atoms with Crippen molar-refractivity contribution in [2.75, 3.05) is 11.1 Å². The maximum Gasteiger partial charge on any atom is 0.121 e. The molecule has 1 aromatic heterocycles. The number of hydrogen-bond acceptors (Lipinski definition) is 4. The maximum absolute atomic E-state index is 10.2. The second-order valence-corrected chi connectivity index (χ2v) is 5.73. The lowest BCUT2D eigenvalue weighted by Crippen LogP contribution is -2.04. The molecule has 0 aliphatic carbocycles. The number of nitrogens with one attached hydrogen (secondary N) is 1. The van der Waals surface area contributed by atoms with Crippen molar-refractivity contribution in [2.24, 2.45) is 0 Å². The Labute approximate surface area is 139 Å². The lowest BCUT2D eigenvalue weighted by molar-refractivity contribution is 0.470. The highest BCUT2D eigenvalue weighted by atomic mass is 16.3. The molecule has 24 heavy (non-hydrogen) atoms. The van der Waals surface area contributed by atoms with Crippen LogP contribution in [0.4, 0.5) is 11.4 Å². The van der Waals surface area contributed by atoms with Gasteiger partial charge in [0.05, 0.1) is 16.9 Å². The number of aromatic hydroxyl groups is 1. The Morgan fingerprint density at radius 3 is 2.67 bits per heavy atom. The molecule has 4 aromatic rings. The number of fused-ring (bicyclic) bond motifs is 2. The van der Waals surface area contributed by atoms with Crippen LogP contribution >= 0.6 is 0 Å². The first-order chi connectivity index (χ1) is 11.7. The summed E-state index contributed by atoms with van der Waals surface area (Å²) in [6.07, 6.45) is 1.75. The molecule has 0 aliphatic rings. The van der Waals surface area contributed by atoms with Gasteiger partial charge in [-0.15, -0.1) is 0 Å². The number of aromatic nitrogens is 1. The SMILES string of the molecule is Nc1c(NCc2c(O)ccc3ccccc23)ccc2ncccc12. The zero-order valence-electron chi connectivity index (χ0n) is 13.0. The number of rotatable bonds is 3. The summed E-state index contributed by atoms with van der Waals surface area (Å²) in [7, 11) is 0. The quantitative estimate of drug-likeness (QED) is 0.493. The van der Waals surface area contributed by atoms with Crippen molar-refractivity contribution in [1.82, 2.24) is 4.98 Å². The third-order valence-electron chi connectivity index (χ3n) is 4.30. The van der Waals surface area contributed by atoms with Gasteiger partial charge in [-0.2, -0.15) is 0 Å². The summed E-state index contributed by atoms with van der Waals surface area (Å²) in [5.74, 6) is 0.280. The summed E-state index contributed by atoms with van der Waals surface area (Å²) in [5.41, 5.74) is 9.50. The van der Waals surface area contributed by atoms with Crippen molar-refractivity contribution in [3.63, 3.8) is 0 Å². The number of phenols is 1. The van der Waals surface area contributed by atoms with E-state index in [2.05, 4.69) is 10.3 Å². The first kappa shape index (κ1) is 14.3. The van der Waals surface area contributed by atoms with Crippen LogP contribution in [0.3, 0.4) is 0 Å². The number of pyridine rings is 1. The first-order valence-electron chi connectivity index (χ1n) is 7.81. The average molecular weight is 315 g/mol. The molecule has 4 rings (SSSR count). The van der Waals surface area contributed by atoms with Gasteiger partial charge < -0.3 is 16.2 Å². The molecule has 1 heterocycles. The lowest BCUT2D eigenvalue weighted by atomic mass is 10.0. The predicted molar refractivity (Wildman–Crippen MR) is 99.1 cm³/mol. The van der Waals surface area contributed by atoms with Gasteiger partial charge >= 0.3 is 0 Å². The Bertz CT molecular complexity index is 1040. The Kier molecular flexibility index (Phi) is 3.43. The summed E-state index contributed by atoms with van der Waals surface area (Å²) in [5, 5.41) is 16.6. The summed E-state index contributed by atoms with van der Waals surface area (Å²) in [6, 6.07) is 19.4. The van der Waals surface area contributed by atoms with Crippen molar-refractivity contribution in [2.45, 2.75) is 6.54 Å². The fourth-order valence-corrected chi connectivity index (χ4v) is 3.02. The molecule has 0 saturated heterocycles. The fourth-order valence-electron chi connectivity index (χ4n) is 3.02. The van der Waals surface area contributed by atoms with Crippen LogP contribution in [0.15, 0.2) is 66.9 Å². The van der Waals surface area contributed by atoms with E-state index in [0.29, 0.717) is 12.2 Å². The molecule has 0 fully saturated rings. The van der Waals surface area contributed by atoms with Gasteiger partial charge in [-0.3, -0.25) is 4.98 Å². The van der Waals surface area contributed by atoms with Crippen molar-refractivity contribution in [3.8, 4) is 5.75 Å². The summed E-state index contributed by atoms with van der Waals surface area (Å²) < 4.78 is 0. The highest BCUT2D eigenvalue weighted by Gasteiger charge is 2.09. The van der Waals surface area contributed by atoms with E-state index in [-0.39, 0.29) is 5.75 Å². The monoisotopic (exact) mass is 315 g/mol. The van der Waals surface area contributed by atoms with Crippen molar-refractivity contribution < 1.29 is 5.11 Å². The number of nitrogen functional groups attached to an aromatic ring is 1. The molecule has 0 aliphatic heterocycles. The minimum Gasteiger partial charge on any atom is -0.508 e. The van der Waals surface area contributed by atoms with E-state index >= 15 is 0 Å². The van der Waals surface area contributed by atoms with Crippen LogP contribution in [0, 0.1) is 0 Å². The van der Waals surface area contributed by atoms with Crippen LogP contribution in [-0.4, -0.2) is 10.1 Å². The molecule has 0 saturated carbocycles. The van der Waals surface area contributed by atoms with Crippen LogP contribution in [0.1, 0.15) is 5.56 Å². The third-order valence-corrected chi connectivity index (χ3v) is 4.30. The highest BCUT2D eigenvalue weighted by Crippen LogP contribution is 2.31. The number of nitrogens with two attached hydrogens (primary N) is 1. The van der Waals surface area contributed by atoms with E-state index in [4.69, 9.17) is 5.73 Å². The van der Waals surface area contributed by atoms with Gasteiger partial charge in [0.15, 0.2) is 0 Å². The van der Waals surface area contributed by atoms with Crippen molar-refractivity contribution in [3.05, 3.63) is 72.4 Å². The zero-order chi connectivity index (χ0) is 16.5. The summed E-state index contributed by atoms with van der Waals surface area (Å²) >= 11 is 0. The van der Waals surface area contributed by atoms with E-state index in [9.17, 15) is 5.11 Å². The second kappa shape index (κ2) is 5.74. The molecule has 4 nitrogen and oxygen atoms in total. The van der Waals surface area contributed by atoms with E-state index in [0.717, 1.165) is 32.9 Å². The highest BCUT2D eigenvalue weighted by molar-refractivity contribution is 5.97. The number of phenolic OH excluding ortho intramolecular Hbond substituents is 1. The van der Waals surface area contributed by atoms with Crippen molar-refractivity contribution >= 4 is 33.1 Å². The number of hydrogen-bond donors (Lipinski definition) is 3. The normalized spacial score (nSPS) is 11.0. The molecule has 0 unspecified atom stereocenters. The van der Waals surface area contributed by atoms with Crippen LogP contribution in [0.5, 0.6) is 5.75 Å². The fraction of sp³-hybridized carbons (Fsp3) is 0.0500. The average Bonchev–Trinajstić information content (AvgIpc) is 2.62. The molecule has 4 heteroatoms. The van der Waals surface area contributed by atoms with Gasteiger partial charge in [0.2, 0.25) is 0 Å². The third kappa shape index (κ3) is 2.38. The Morgan fingerprint density at radius 2 is 1.75 bits per heavy atom. The Balaban J connectivity index is 1.71. The Hall–Kier alpha value is -3.27. The lowest BCUT2D eigenvalue weighted by Gasteiger charge is -2.14. The number of benzene rings is 3. The van der Waals surface area contributed by atoms with Crippen LogP contribution < -0.4 is 11.1 Å². The molecule has 0 amide bonds. The van der Waals surface area contributed by atoms with Gasteiger partial charge in [-0.1, -0.05) is 30.3 Å². The van der Waals surface area contributed by atoms with E-state index in [1.807, 2.05) is 54.6 Å². The molecule has 0 spiro atoms. The summed E-state index contributed by atoms with van der Waals surface area (Å²) in [4.78, 5) is 4.31. The van der Waals surface area contributed by atoms with E-state index < -0.39 is 0 Å². The van der Waals surface area contributed by atoms with Crippen molar-refractivity contribution in [1.29, 1.82) is 0 Å². The first-order valence-corrected chi connectivity index (χ1v) is 7.81. The molecule has 4 N–H and O–H groups in total. The molecule has 0 radical (unpaired) electrons. The van der Waals surface area contributed by atoms with E-state index in [1.165, 1.54) is 0 Å². The van der Waals surface area contributed by atoms with Crippen LogP contribution in [-0.2, 0) is 6.54 Å². The minimum atomic E-state index is 0.280. The maximum atomic E-state index is 10.2. The van der Waals surface area contributed by atoms with Gasteiger partial charge in [-0.05, 0) is 41.1 Å². The number of nitrogens with zero attached hydrogens (tertiary/aromatic N) is 1. The van der Waals surface area contributed by atoms with Gasteiger partial charge in [0.25, 0.3) is 0 Å². The molecule has 0 bridgehead atoms. The molecule has 0 atom stereocenters. The Morgan fingerprint density at radius 1 is 0.917 bits per heavy atom. The molecule has 118 valence electrons. The zero-order valence-corrected chi connectivity index (χ0v) is 13.0. The smallest absolute Gasteiger partial charge is 0.121 e. The van der Waals surface area contributed by atoms with Crippen LogP contribution in [0.2, 0.25) is 0 Å². The standard InChI is InChI=1S/C20H17N3O/c21-20-15-6-3-11-22-17(15)8-9-18(20)23-12-16-14-5-2-1-4-13(14)7-10-19(16)24/h1-11,23-24H,12,21H2. The molecular weight excluding hydrogens is 298 g/mol. The molecular formula is C20H17N3O. The molecule has 3 aromatic carbocycles. The van der Waals surface area contributed by atoms with Gasteiger partial charge in [-0.25, -0.2) is 0 Å². The second-order valence-electron chi connectivity index (χ2n) is 5.73. The van der Waals surface area contributed by atoms with Crippen LogP contribution in [0.25, 0.3) is 21.7 Å². The minimum absolute atomic E-state index is 0.280. The largest absolute Gasteiger partial charge is 0.508 e. The summed E-state index contributed by atoms with van der Waals surface area (Å²) in [6.45, 7) is 0.489. The van der Waals surface area contributed by atoms with Gasteiger partial charge in [0, 0.05) is 23.7 Å². The van der Waals surface area contributed by atoms with Gasteiger partial charge in [0.1, 0.15) is 5.75 Å². The predicted octanol–water partition coefficient (Wildman–Crippen LogP) is 4.29. The number of anilines is 2.